The van der Waals surface area contributed by atoms with Crippen molar-refractivity contribution >= 4 is 29.5 Å². The molecular weight excluding hydrogens is 422 g/mol. The number of alkyl halides is 2. The van der Waals surface area contributed by atoms with Crippen LogP contribution in [0.1, 0.15) is 12.0 Å². The Morgan fingerprint density at radius 2 is 2.21 bits per heavy atom. The second kappa shape index (κ2) is 9.61. The first-order chi connectivity index (χ1) is 14.0. The van der Waals surface area contributed by atoms with Crippen molar-refractivity contribution in [3.63, 3.8) is 0 Å². The predicted octanol–water partition coefficient (Wildman–Crippen LogP) is 3.99. The fourth-order valence-corrected chi connectivity index (χ4v) is 3.58. The minimum absolute atomic E-state index is 0.0620. The molecule has 3 rings (SSSR count). The summed E-state index contributed by atoms with van der Waals surface area (Å²) in [7, 11) is 1.36. The van der Waals surface area contributed by atoms with E-state index in [-0.39, 0.29) is 30.4 Å². The molecule has 0 aliphatic carbocycles. The lowest BCUT2D eigenvalue weighted by molar-refractivity contribution is -0.121. The lowest BCUT2D eigenvalue weighted by Crippen LogP contribution is -2.24. The average Bonchev–Trinajstić information content (AvgIpc) is 3.34. The zero-order valence-corrected chi connectivity index (χ0v) is 17.0. The van der Waals surface area contributed by atoms with Crippen molar-refractivity contribution < 1.29 is 23.0 Å². The van der Waals surface area contributed by atoms with Gasteiger partial charge in [0, 0.05) is 19.5 Å². The van der Waals surface area contributed by atoms with Gasteiger partial charge in [-0.15, -0.1) is 11.3 Å². The molecule has 0 bridgehead atoms. The molecule has 3 aromatic rings. The second-order valence-corrected chi connectivity index (χ2v) is 7.21. The molecule has 0 saturated carbocycles. The minimum atomic E-state index is -2.94. The molecule has 2 aromatic heterocycles. The summed E-state index contributed by atoms with van der Waals surface area (Å²) in [6.45, 7) is -2.35. The zero-order chi connectivity index (χ0) is 20.8. The number of nitrogens with one attached hydrogen (secondary N) is 2. The highest BCUT2D eigenvalue weighted by Gasteiger charge is 2.13. The van der Waals surface area contributed by atoms with Gasteiger partial charge in [-0.05, 0) is 41.4 Å². The van der Waals surface area contributed by atoms with Crippen LogP contribution in [-0.2, 0) is 17.9 Å². The summed E-state index contributed by atoms with van der Waals surface area (Å²) in [5.41, 5.74) is 0.691. The number of rotatable bonds is 9. The van der Waals surface area contributed by atoms with Crippen LogP contribution in [-0.4, -0.2) is 34.4 Å². The Bertz CT molecular complexity index is 1020. The molecule has 2 N–H and O–H groups in total. The largest absolute Gasteiger partial charge is 0.493 e. The highest BCUT2D eigenvalue weighted by molar-refractivity contribution is 7.71. The maximum Gasteiger partial charge on any atom is 0.387 e. The van der Waals surface area contributed by atoms with Crippen LogP contribution in [0.15, 0.2) is 35.7 Å². The van der Waals surface area contributed by atoms with Crippen molar-refractivity contribution in [2.45, 2.75) is 26.1 Å². The molecule has 154 valence electrons. The van der Waals surface area contributed by atoms with Gasteiger partial charge in [-0.1, -0.05) is 12.1 Å². The highest BCUT2D eigenvalue weighted by Crippen LogP contribution is 2.29. The van der Waals surface area contributed by atoms with Gasteiger partial charge in [-0.3, -0.25) is 14.5 Å². The molecule has 0 aliphatic rings. The Kier molecular flexibility index (Phi) is 6.94. The van der Waals surface area contributed by atoms with Crippen LogP contribution < -0.4 is 14.8 Å². The van der Waals surface area contributed by atoms with Gasteiger partial charge in [0.25, 0.3) is 0 Å². The van der Waals surface area contributed by atoms with Gasteiger partial charge in [-0.25, -0.2) is 0 Å². The third kappa shape index (κ3) is 5.39. The van der Waals surface area contributed by atoms with Gasteiger partial charge >= 0.3 is 6.61 Å². The fourth-order valence-electron chi connectivity index (χ4n) is 2.64. The van der Waals surface area contributed by atoms with Gasteiger partial charge in [0.1, 0.15) is 0 Å². The van der Waals surface area contributed by atoms with Gasteiger partial charge in [0.2, 0.25) is 5.91 Å². The van der Waals surface area contributed by atoms with Crippen LogP contribution in [0, 0.1) is 4.77 Å². The number of aromatic nitrogens is 3. The van der Waals surface area contributed by atoms with Crippen molar-refractivity contribution in [3.8, 4) is 22.2 Å². The summed E-state index contributed by atoms with van der Waals surface area (Å²) >= 11 is 6.78. The lowest BCUT2D eigenvalue weighted by Gasteiger charge is -2.12. The van der Waals surface area contributed by atoms with E-state index >= 15 is 0 Å². The SMILES string of the molecule is COc1cc(CNC(=O)CCn2c(-c3cccs3)n[nH]c2=S)ccc1OC(F)F. The Morgan fingerprint density at radius 1 is 1.38 bits per heavy atom. The number of hydrogen-bond donors (Lipinski definition) is 2. The number of hydrogen-bond acceptors (Lipinski definition) is 6. The van der Waals surface area contributed by atoms with E-state index in [0.717, 1.165) is 4.88 Å². The van der Waals surface area contributed by atoms with Crippen LogP contribution in [0.4, 0.5) is 8.78 Å². The first kappa shape index (κ1) is 20.9. The van der Waals surface area contributed by atoms with E-state index in [0.29, 0.717) is 22.7 Å². The number of methoxy groups -OCH3 is 1. The summed E-state index contributed by atoms with van der Waals surface area (Å²) in [6, 6.07) is 8.35. The number of amides is 1. The monoisotopic (exact) mass is 440 g/mol. The van der Waals surface area contributed by atoms with Crippen molar-refractivity contribution in [1.82, 2.24) is 20.1 Å². The van der Waals surface area contributed by atoms with E-state index in [2.05, 4.69) is 20.3 Å². The molecule has 0 atom stereocenters. The molecule has 0 aliphatic heterocycles. The number of aromatic amines is 1. The molecule has 1 aromatic carbocycles. The predicted molar refractivity (Wildman–Crippen MR) is 107 cm³/mol. The minimum Gasteiger partial charge on any atom is -0.493 e. The number of ether oxygens (including phenoxy) is 2. The number of H-pyrrole nitrogens is 1. The molecule has 0 unspecified atom stereocenters. The molecule has 1 amide bonds. The second-order valence-electron chi connectivity index (χ2n) is 5.87. The van der Waals surface area contributed by atoms with Crippen molar-refractivity contribution in [2.24, 2.45) is 0 Å². The molecule has 0 spiro atoms. The maximum absolute atomic E-state index is 12.4. The van der Waals surface area contributed by atoms with Crippen LogP contribution in [0.2, 0.25) is 0 Å². The molecular formula is C18H18F2N4O3S2. The number of halogens is 2. The van der Waals surface area contributed by atoms with Crippen LogP contribution in [0.25, 0.3) is 10.7 Å². The van der Waals surface area contributed by atoms with Crippen molar-refractivity contribution in [2.75, 3.05) is 7.11 Å². The summed E-state index contributed by atoms with van der Waals surface area (Å²) in [6.07, 6.45) is 0.204. The highest BCUT2D eigenvalue weighted by atomic mass is 32.1. The van der Waals surface area contributed by atoms with E-state index in [4.69, 9.17) is 17.0 Å². The number of benzene rings is 1. The maximum atomic E-state index is 12.4. The number of nitrogens with zero attached hydrogens (tertiary/aromatic N) is 2. The molecule has 29 heavy (non-hydrogen) atoms. The quantitative estimate of drug-likeness (QED) is 0.492. The van der Waals surface area contributed by atoms with E-state index in [1.165, 1.54) is 24.5 Å². The van der Waals surface area contributed by atoms with Crippen LogP contribution in [0.3, 0.4) is 0 Å². The molecule has 2 heterocycles. The summed E-state index contributed by atoms with van der Waals surface area (Å²) in [5.74, 6) is 0.615. The Labute approximate surface area is 174 Å². The van der Waals surface area contributed by atoms with E-state index in [1.54, 1.807) is 16.7 Å². The Hall–Kier alpha value is -2.79. The van der Waals surface area contributed by atoms with E-state index in [9.17, 15) is 13.6 Å². The topological polar surface area (TPSA) is 81.2 Å². The third-order valence-electron chi connectivity index (χ3n) is 4.00. The molecule has 0 saturated heterocycles. The average molecular weight is 440 g/mol. The third-order valence-corrected chi connectivity index (χ3v) is 5.17. The molecule has 7 nitrogen and oxygen atoms in total. The summed E-state index contributed by atoms with van der Waals surface area (Å²) < 4.78 is 36.4. The number of carbonyl (C=O) groups excluding carboxylic acids is 1. The fraction of sp³-hybridized carbons (Fsp3) is 0.278. The molecule has 0 fully saturated rings. The van der Waals surface area contributed by atoms with Gasteiger partial charge in [0.05, 0.1) is 12.0 Å². The van der Waals surface area contributed by atoms with E-state index in [1.807, 2.05) is 17.5 Å². The van der Waals surface area contributed by atoms with Gasteiger partial charge < -0.3 is 14.8 Å². The molecule has 11 heteroatoms. The standard InChI is InChI=1S/C18H18F2N4O3S2/c1-26-13-9-11(4-5-12(13)27-17(19)20)10-21-15(25)6-7-24-16(22-23-18(24)28)14-3-2-8-29-14/h2-5,8-9,17H,6-7,10H2,1H3,(H,21,25)(H,23,28). The normalized spacial score (nSPS) is 10.9. The van der Waals surface area contributed by atoms with E-state index < -0.39 is 6.61 Å². The summed E-state index contributed by atoms with van der Waals surface area (Å²) in [5, 5.41) is 11.7. The van der Waals surface area contributed by atoms with Gasteiger partial charge in [0.15, 0.2) is 22.1 Å². The molecule has 0 radical (unpaired) electrons. The Balaban J connectivity index is 1.57. The smallest absolute Gasteiger partial charge is 0.387 e. The summed E-state index contributed by atoms with van der Waals surface area (Å²) in [4.78, 5) is 13.2. The first-order valence-corrected chi connectivity index (χ1v) is 9.84. The van der Waals surface area contributed by atoms with Gasteiger partial charge in [-0.2, -0.15) is 13.9 Å². The van der Waals surface area contributed by atoms with Crippen LogP contribution in [0.5, 0.6) is 11.5 Å². The number of thiophene rings is 1. The lowest BCUT2D eigenvalue weighted by atomic mass is 10.2. The van der Waals surface area contributed by atoms with Crippen molar-refractivity contribution in [3.05, 3.63) is 46.0 Å². The number of carbonyl (C=O) groups is 1. The first-order valence-electron chi connectivity index (χ1n) is 8.55. The zero-order valence-electron chi connectivity index (χ0n) is 15.4. The van der Waals surface area contributed by atoms with Crippen LogP contribution >= 0.6 is 23.6 Å². The Morgan fingerprint density at radius 3 is 2.90 bits per heavy atom. The van der Waals surface area contributed by atoms with Crippen molar-refractivity contribution in [1.29, 1.82) is 0 Å².